The molecule has 0 fully saturated rings. The van der Waals surface area contributed by atoms with E-state index in [4.69, 9.17) is 9.52 Å². The van der Waals surface area contributed by atoms with Crippen molar-refractivity contribution >= 4 is 23.1 Å². The number of carboxylic acid groups (broad SMARTS) is 1. The summed E-state index contributed by atoms with van der Waals surface area (Å²) in [6.07, 6.45) is 2.31. The first kappa shape index (κ1) is 8.50. The fraction of sp³-hybridized carbons (Fsp3) is 0. The van der Waals surface area contributed by atoms with Crippen molar-refractivity contribution in [3.05, 3.63) is 36.2 Å². The monoisotopic (exact) mass is 189 g/mol. The third-order valence-corrected chi connectivity index (χ3v) is 1.68. The molecule has 0 saturated carbocycles. The maximum absolute atomic E-state index is 10.2. The van der Waals surface area contributed by atoms with Gasteiger partial charge in [0, 0.05) is 12.2 Å². The topological polar surface area (TPSA) is 63.3 Å². The quantitative estimate of drug-likeness (QED) is 0.733. The fourth-order valence-corrected chi connectivity index (χ4v) is 1.10. The molecule has 1 N–H and O–H groups in total. The van der Waals surface area contributed by atoms with E-state index in [-0.39, 0.29) is 0 Å². The SMILES string of the molecule is O=C(O)/C=C\c1nc2ccccc2o1. The summed E-state index contributed by atoms with van der Waals surface area (Å²) in [4.78, 5) is 14.3. The zero-order valence-corrected chi connectivity index (χ0v) is 7.18. The summed E-state index contributed by atoms with van der Waals surface area (Å²) in [5.74, 6) is -0.721. The molecule has 0 aliphatic carbocycles. The third kappa shape index (κ3) is 1.64. The number of nitrogens with zero attached hydrogens (tertiary/aromatic N) is 1. The van der Waals surface area contributed by atoms with E-state index in [1.54, 1.807) is 12.1 Å². The van der Waals surface area contributed by atoms with Crippen LogP contribution in [0.25, 0.3) is 17.2 Å². The van der Waals surface area contributed by atoms with Crippen LogP contribution in [0.1, 0.15) is 5.89 Å². The Kier molecular flexibility index (Phi) is 2.02. The van der Waals surface area contributed by atoms with Crippen molar-refractivity contribution in [2.75, 3.05) is 0 Å². The molecule has 1 aromatic carbocycles. The summed E-state index contributed by atoms with van der Waals surface area (Å²) >= 11 is 0. The molecule has 0 atom stereocenters. The van der Waals surface area contributed by atoms with Crippen molar-refractivity contribution in [3.8, 4) is 0 Å². The molecule has 4 heteroatoms. The van der Waals surface area contributed by atoms with Gasteiger partial charge < -0.3 is 9.52 Å². The van der Waals surface area contributed by atoms with E-state index >= 15 is 0 Å². The van der Waals surface area contributed by atoms with Crippen molar-refractivity contribution < 1.29 is 14.3 Å². The van der Waals surface area contributed by atoms with Gasteiger partial charge in [0.05, 0.1) is 0 Å². The second-order valence-corrected chi connectivity index (χ2v) is 2.69. The van der Waals surface area contributed by atoms with Crippen molar-refractivity contribution in [1.29, 1.82) is 0 Å². The Balaban J connectivity index is 2.40. The minimum Gasteiger partial charge on any atom is -0.478 e. The van der Waals surface area contributed by atoms with Crippen molar-refractivity contribution in [3.63, 3.8) is 0 Å². The lowest BCUT2D eigenvalue weighted by Gasteiger charge is -1.80. The van der Waals surface area contributed by atoms with Crippen LogP contribution in [0.2, 0.25) is 0 Å². The molecule has 0 bridgehead atoms. The van der Waals surface area contributed by atoms with Gasteiger partial charge in [-0.25, -0.2) is 9.78 Å². The predicted molar refractivity (Wildman–Crippen MR) is 50.7 cm³/mol. The molecule has 0 spiro atoms. The van der Waals surface area contributed by atoms with Gasteiger partial charge in [-0.2, -0.15) is 0 Å². The van der Waals surface area contributed by atoms with Crippen molar-refractivity contribution in [2.24, 2.45) is 0 Å². The third-order valence-electron chi connectivity index (χ3n) is 1.68. The van der Waals surface area contributed by atoms with Gasteiger partial charge in [-0.1, -0.05) is 12.1 Å². The molecular weight excluding hydrogens is 182 g/mol. The second kappa shape index (κ2) is 3.33. The Morgan fingerprint density at radius 3 is 2.93 bits per heavy atom. The standard InChI is InChI=1S/C10H7NO3/c12-10(13)6-5-9-11-7-3-1-2-4-8(7)14-9/h1-6H,(H,12,13)/b6-5-. The van der Waals surface area contributed by atoms with Gasteiger partial charge in [0.15, 0.2) is 5.58 Å². The predicted octanol–water partition coefficient (Wildman–Crippen LogP) is 1.93. The number of hydrogen-bond donors (Lipinski definition) is 1. The molecule has 0 unspecified atom stereocenters. The van der Waals surface area contributed by atoms with E-state index in [9.17, 15) is 4.79 Å². The molecule has 70 valence electrons. The first-order valence-corrected chi connectivity index (χ1v) is 4.02. The lowest BCUT2D eigenvalue weighted by Crippen LogP contribution is -1.85. The average Bonchev–Trinajstić information content (AvgIpc) is 2.57. The first-order valence-electron chi connectivity index (χ1n) is 4.02. The molecule has 1 heterocycles. The summed E-state index contributed by atoms with van der Waals surface area (Å²) in [6, 6.07) is 7.26. The number of aromatic nitrogens is 1. The van der Waals surface area contributed by atoms with Crippen LogP contribution in [0.3, 0.4) is 0 Å². The first-order chi connectivity index (χ1) is 6.75. The zero-order chi connectivity index (χ0) is 9.97. The number of para-hydroxylation sites is 2. The number of aliphatic carboxylic acids is 1. The van der Waals surface area contributed by atoms with Gasteiger partial charge in [-0.15, -0.1) is 0 Å². The minimum atomic E-state index is -1.02. The lowest BCUT2D eigenvalue weighted by atomic mass is 10.3. The van der Waals surface area contributed by atoms with Crippen LogP contribution in [0.15, 0.2) is 34.8 Å². The highest BCUT2D eigenvalue weighted by Gasteiger charge is 2.01. The molecule has 0 aliphatic rings. The van der Waals surface area contributed by atoms with Crippen LogP contribution in [0.4, 0.5) is 0 Å². The molecular formula is C10H7NO3. The van der Waals surface area contributed by atoms with Gasteiger partial charge in [-0.3, -0.25) is 0 Å². The Bertz CT molecular complexity index is 466. The van der Waals surface area contributed by atoms with Crippen LogP contribution >= 0.6 is 0 Å². The van der Waals surface area contributed by atoms with Crippen LogP contribution in [0, 0.1) is 0 Å². The number of benzene rings is 1. The van der Waals surface area contributed by atoms with Gasteiger partial charge in [-0.05, 0) is 12.1 Å². The summed E-state index contributed by atoms with van der Waals surface area (Å²) < 4.78 is 5.26. The number of hydrogen-bond acceptors (Lipinski definition) is 3. The highest BCUT2D eigenvalue weighted by Crippen LogP contribution is 2.15. The average molecular weight is 189 g/mol. The zero-order valence-electron chi connectivity index (χ0n) is 7.18. The Morgan fingerprint density at radius 1 is 1.43 bits per heavy atom. The van der Waals surface area contributed by atoms with Crippen molar-refractivity contribution in [2.45, 2.75) is 0 Å². The minimum absolute atomic E-state index is 0.300. The van der Waals surface area contributed by atoms with Gasteiger partial charge in [0.25, 0.3) is 0 Å². The number of rotatable bonds is 2. The van der Waals surface area contributed by atoms with Crippen molar-refractivity contribution in [1.82, 2.24) is 4.98 Å². The smallest absolute Gasteiger partial charge is 0.328 e. The molecule has 14 heavy (non-hydrogen) atoms. The molecule has 0 aliphatic heterocycles. The maximum atomic E-state index is 10.2. The Morgan fingerprint density at radius 2 is 2.21 bits per heavy atom. The molecule has 1 aromatic heterocycles. The Hall–Kier alpha value is -2.10. The molecule has 0 radical (unpaired) electrons. The molecule has 2 aromatic rings. The summed E-state index contributed by atoms with van der Waals surface area (Å²) in [7, 11) is 0. The highest BCUT2D eigenvalue weighted by molar-refractivity contribution is 5.85. The largest absolute Gasteiger partial charge is 0.478 e. The molecule has 0 amide bonds. The highest BCUT2D eigenvalue weighted by atomic mass is 16.4. The van der Waals surface area contributed by atoms with Gasteiger partial charge in [0.2, 0.25) is 5.89 Å². The van der Waals surface area contributed by atoms with E-state index in [0.29, 0.717) is 11.5 Å². The molecule has 4 nitrogen and oxygen atoms in total. The number of carbonyl (C=O) groups is 1. The van der Waals surface area contributed by atoms with E-state index in [1.807, 2.05) is 12.1 Å². The van der Waals surface area contributed by atoms with E-state index < -0.39 is 5.97 Å². The maximum Gasteiger partial charge on any atom is 0.328 e. The fourth-order valence-electron chi connectivity index (χ4n) is 1.10. The second-order valence-electron chi connectivity index (χ2n) is 2.69. The number of fused-ring (bicyclic) bond motifs is 1. The van der Waals surface area contributed by atoms with Crippen LogP contribution in [-0.4, -0.2) is 16.1 Å². The number of carboxylic acids is 1. The van der Waals surface area contributed by atoms with Gasteiger partial charge in [0.1, 0.15) is 5.52 Å². The van der Waals surface area contributed by atoms with E-state index in [1.165, 1.54) is 6.08 Å². The van der Waals surface area contributed by atoms with Crippen LogP contribution < -0.4 is 0 Å². The summed E-state index contributed by atoms with van der Waals surface area (Å²) in [5, 5.41) is 8.39. The van der Waals surface area contributed by atoms with Gasteiger partial charge >= 0.3 is 5.97 Å². The number of oxazole rings is 1. The Labute approximate surface area is 79.5 Å². The summed E-state index contributed by atoms with van der Waals surface area (Å²) in [6.45, 7) is 0. The molecule has 2 rings (SSSR count). The van der Waals surface area contributed by atoms with E-state index in [0.717, 1.165) is 11.6 Å². The normalized spacial score (nSPS) is 11.1. The van der Waals surface area contributed by atoms with E-state index in [2.05, 4.69) is 4.98 Å². The molecule has 0 saturated heterocycles. The lowest BCUT2D eigenvalue weighted by molar-refractivity contribution is -0.131. The summed E-state index contributed by atoms with van der Waals surface area (Å²) in [5.41, 5.74) is 1.37. The van der Waals surface area contributed by atoms with Crippen LogP contribution in [-0.2, 0) is 4.79 Å². The van der Waals surface area contributed by atoms with Crippen LogP contribution in [0.5, 0.6) is 0 Å².